The summed E-state index contributed by atoms with van der Waals surface area (Å²) in [6.45, 7) is 8.38. The molecule has 0 radical (unpaired) electrons. The van der Waals surface area contributed by atoms with Gasteiger partial charge in [0.1, 0.15) is 5.76 Å². The highest BCUT2D eigenvalue weighted by atomic mass is 16.3. The molecule has 0 aromatic carbocycles. The average molecular weight is 321 g/mol. The summed E-state index contributed by atoms with van der Waals surface area (Å²) in [5.74, 6) is 1.72. The predicted octanol–water partition coefficient (Wildman–Crippen LogP) is 6.21. The Labute approximate surface area is 142 Å². The molecule has 0 heterocycles. The van der Waals surface area contributed by atoms with Gasteiger partial charge in [0.15, 0.2) is 5.78 Å². The summed E-state index contributed by atoms with van der Waals surface area (Å²) >= 11 is 0. The second-order valence-corrected chi connectivity index (χ2v) is 8.36. The summed E-state index contributed by atoms with van der Waals surface area (Å²) in [6, 6.07) is 0. The molecule has 2 aliphatic carbocycles. The minimum atomic E-state index is 0.146. The maximum atomic E-state index is 12.8. The third-order valence-corrected chi connectivity index (χ3v) is 6.73. The molecule has 0 aromatic rings. The fourth-order valence-corrected chi connectivity index (χ4v) is 5.13. The van der Waals surface area contributed by atoms with Crippen LogP contribution in [-0.4, -0.2) is 10.9 Å². The lowest BCUT2D eigenvalue weighted by Crippen LogP contribution is -2.34. The molecule has 2 saturated carbocycles. The van der Waals surface area contributed by atoms with Crippen molar-refractivity contribution >= 4 is 5.78 Å². The van der Waals surface area contributed by atoms with Crippen molar-refractivity contribution in [2.24, 2.45) is 23.2 Å². The van der Waals surface area contributed by atoms with Crippen molar-refractivity contribution in [3.8, 4) is 0 Å². The van der Waals surface area contributed by atoms with Gasteiger partial charge in [-0.1, -0.05) is 33.6 Å². The van der Waals surface area contributed by atoms with E-state index in [-0.39, 0.29) is 17.6 Å². The van der Waals surface area contributed by atoms with Crippen LogP contribution in [0.4, 0.5) is 0 Å². The number of carbonyl (C=O) groups excluding carboxylic acids is 1. The smallest absolute Gasteiger partial charge is 0.164 e. The van der Waals surface area contributed by atoms with Gasteiger partial charge >= 0.3 is 0 Å². The van der Waals surface area contributed by atoms with Crippen LogP contribution in [0.3, 0.4) is 0 Å². The van der Waals surface area contributed by atoms with Gasteiger partial charge < -0.3 is 5.11 Å². The lowest BCUT2D eigenvalue weighted by Gasteiger charge is -2.44. The Kier molecular flexibility index (Phi) is 6.33. The molecule has 0 saturated heterocycles. The zero-order chi connectivity index (χ0) is 17.0. The Morgan fingerprint density at radius 1 is 1.13 bits per heavy atom. The van der Waals surface area contributed by atoms with E-state index in [0.29, 0.717) is 16.7 Å². The van der Waals surface area contributed by atoms with E-state index in [1.54, 1.807) is 0 Å². The SMILES string of the molecule is CCC(CC)/C(O)=C(\C)C(=O)C1CCC2(CCCC(C)C2)CC1. The van der Waals surface area contributed by atoms with Crippen molar-refractivity contribution in [3.63, 3.8) is 0 Å². The number of Topliss-reactive ketones (excluding diaryl/α,β-unsaturated/α-hetero) is 1. The Morgan fingerprint density at radius 3 is 2.26 bits per heavy atom. The van der Waals surface area contributed by atoms with E-state index in [9.17, 15) is 9.90 Å². The summed E-state index contributed by atoms with van der Waals surface area (Å²) < 4.78 is 0. The van der Waals surface area contributed by atoms with Crippen LogP contribution in [0.1, 0.15) is 91.9 Å². The number of carbonyl (C=O) groups is 1. The van der Waals surface area contributed by atoms with Crippen LogP contribution in [0.25, 0.3) is 0 Å². The Morgan fingerprint density at radius 2 is 1.74 bits per heavy atom. The summed E-state index contributed by atoms with van der Waals surface area (Å²) in [6.07, 6.45) is 11.8. The molecule has 23 heavy (non-hydrogen) atoms. The maximum Gasteiger partial charge on any atom is 0.164 e. The fourth-order valence-electron chi connectivity index (χ4n) is 5.13. The minimum Gasteiger partial charge on any atom is -0.512 e. The normalized spacial score (nSPS) is 32.9. The van der Waals surface area contributed by atoms with Crippen LogP contribution in [0.15, 0.2) is 11.3 Å². The molecule has 1 unspecified atom stereocenters. The first-order chi connectivity index (χ1) is 10.9. The number of aliphatic hydroxyl groups is 1. The second-order valence-electron chi connectivity index (χ2n) is 8.36. The molecular formula is C21H36O2. The van der Waals surface area contributed by atoms with Crippen molar-refractivity contribution in [2.75, 3.05) is 0 Å². The van der Waals surface area contributed by atoms with Crippen LogP contribution in [0, 0.1) is 23.2 Å². The number of aliphatic hydroxyl groups excluding tert-OH is 1. The number of hydrogen-bond acceptors (Lipinski definition) is 2. The summed E-state index contributed by atoms with van der Waals surface area (Å²) in [7, 11) is 0. The van der Waals surface area contributed by atoms with Crippen molar-refractivity contribution in [1.82, 2.24) is 0 Å². The predicted molar refractivity (Wildman–Crippen MR) is 96.4 cm³/mol. The van der Waals surface area contributed by atoms with Crippen LogP contribution in [0.2, 0.25) is 0 Å². The topological polar surface area (TPSA) is 37.3 Å². The van der Waals surface area contributed by atoms with Crippen molar-refractivity contribution < 1.29 is 9.90 Å². The van der Waals surface area contributed by atoms with E-state index in [1.807, 2.05) is 6.92 Å². The average Bonchev–Trinajstić information content (AvgIpc) is 2.55. The third-order valence-electron chi connectivity index (χ3n) is 6.73. The van der Waals surface area contributed by atoms with E-state index < -0.39 is 0 Å². The second kappa shape index (κ2) is 7.85. The molecule has 1 atom stereocenters. The number of ketones is 1. The Hall–Kier alpha value is -0.790. The summed E-state index contributed by atoms with van der Waals surface area (Å²) in [4.78, 5) is 12.8. The van der Waals surface area contributed by atoms with Gasteiger partial charge in [-0.3, -0.25) is 4.79 Å². The van der Waals surface area contributed by atoms with E-state index in [0.717, 1.165) is 31.6 Å². The van der Waals surface area contributed by atoms with Gasteiger partial charge in [-0.15, -0.1) is 0 Å². The molecule has 1 N–H and O–H groups in total. The molecule has 1 spiro atoms. The molecule has 2 fully saturated rings. The largest absolute Gasteiger partial charge is 0.512 e. The van der Waals surface area contributed by atoms with Crippen LogP contribution >= 0.6 is 0 Å². The molecular weight excluding hydrogens is 284 g/mol. The zero-order valence-corrected chi connectivity index (χ0v) is 15.7. The Balaban J connectivity index is 1.99. The number of allylic oxidation sites excluding steroid dienone is 2. The van der Waals surface area contributed by atoms with Crippen molar-refractivity contribution in [2.45, 2.75) is 91.9 Å². The van der Waals surface area contributed by atoms with Crippen molar-refractivity contribution in [3.05, 3.63) is 11.3 Å². The van der Waals surface area contributed by atoms with Gasteiger partial charge in [0, 0.05) is 17.4 Å². The molecule has 0 bridgehead atoms. The van der Waals surface area contributed by atoms with Crippen LogP contribution in [0.5, 0.6) is 0 Å². The number of hydrogen-bond donors (Lipinski definition) is 1. The highest BCUT2D eigenvalue weighted by Gasteiger charge is 2.40. The highest BCUT2D eigenvalue weighted by Crippen LogP contribution is 2.50. The van der Waals surface area contributed by atoms with Gasteiger partial charge in [0.25, 0.3) is 0 Å². The first kappa shape index (κ1) is 18.5. The Bertz CT molecular complexity index is 437. The molecule has 0 aromatic heterocycles. The standard InChI is InChI=1S/C21H36O2/c1-5-17(6-2)19(22)16(4)20(23)18-9-12-21(13-10-18)11-7-8-15(3)14-21/h15,17-18,22H,5-14H2,1-4H3/b19-16-. The van der Waals surface area contributed by atoms with E-state index in [2.05, 4.69) is 20.8 Å². The maximum absolute atomic E-state index is 12.8. The third kappa shape index (κ3) is 4.19. The monoisotopic (exact) mass is 320 g/mol. The van der Waals surface area contributed by atoms with E-state index in [1.165, 1.54) is 38.5 Å². The van der Waals surface area contributed by atoms with Gasteiger partial charge in [-0.05, 0) is 69.6 Å². The van der Waals surface area contributed by atoms with Gasteiger partial charge in [-0.25, -0.2) is 0 Å². The van der Waals surface area contributed by atoms with Crippen molar-refractivity contribution in [1.29, 1.82) is 0 Å². The summed E-state index contributed by atoms with van der Waals surface area (Å²) in [5.41, 5.74) is 1.17. The molecule has 2 nitrogen and oxygen atoms in total. The van der Waals surface area contributed by atoms with Gasteiger partial charge in [0.2, 0.25) is 0 Å². The first-order valence-corrected chi connectivity index (χ1v) is 9.86. The zero-order valence-electron chi connectivity index (χ0n) is 15.7. The molecule has 2 aliphatic rings. The highest BCUT2D eigenvalue weighted by molar-refractivity contribution is 5.97. The molecule has 2 rings (SSSR count). The van der Waals surface area contributed by atoms with Crippen LogP contribution in [-0.2, 0) is 4.79 Å². The molecule has 2 heteroatoms. The lowest BCUT2D eigenvalue weighted by atomic mass is 9.60. The van der Waals surface area contributed by atoms with E-state index in [4.69, 9.17) is 0 Å². The minimum absolute atomic E-state index is 0.146. The van der Waals surface area contributed by atoms with Gasteiger partial charge in [0.05, 0.1) is 0 Å². The van der Waals surface area contributed by atoms with Crippen LogP contribution < -0.4 is 0 Å². The number of rotatable bonds is 5. The quantitative estimate of drug-likeness (QED) is 0.483. The molecule has 0 amide bonds. The summed E-state index contributed by atoms with van der Waals surface area (Å²) in [5, 5.41) is 10.4. The fraction of sp³-hybridized carbons (Fsp3) is 0.857. The lowest BCUT2D eigenvalue weighted by molar-refractivity contribution is -0.121. The molecule has 132 valence electrons. The first-order valence-electron chi connectivity index (χ1n) is 9.86. The van der Waals surface area contributed by atoms with Gasteiger partial charge in [-0.2, -0.15) is 0 Å². The molecule has 0 aliphatic heterocycles. The van der Waals surface area contributed by atoms with E-state index >= 15 is 0 Å².